The molecule has 0 unspecified atom stereocenters. The third-order valence-corrected chi connectivity index (χ3v) is 4.68. The second-order valence-electron chi connectivity index (χ2n) is 6.79. The van der Waals surface area contributed by atoms with Gasteiger partial charge in [0.05, 0.1) is 11.9 Å². The summed E-state index contributed by atoms with van der Waals surface area (Å²) in [7, 11) is 1.95. The molecule has 1 aromatic carbocycles. The van der Waals surface area contributed by atoms with Crippen LogP contribution in [-0.4, -0.2) is 39.7 Å². The lowest BCUT2D eigenvalue weighted by atomic mass is 10.1. The molecule has 0 atom stereocenters. The SMILES string of the molecule is CNCCNCc1cnn2c(NCc3cccnc3)cc(-c3ccccc3)nc12. The van der Waals surface area contributed by atoms with Crippen molar-refractivity contribution in [1.29, 1.82) is 0 Å². The normalized spacial score (nSPS) is 11.1. The van der Waals surface area contributed by atoms with E-state index < -0.39 is 0 Å². The molecule has 0 bridgehead atoms. The molecule has 4 rings (SSSR count). The minimum Gasteiger partial charge on any atom is -0.366 e. The minimum absolute atomic E-state index is 0.663. The number of pyridine rings is 1. The van der Waals surface area contributed by atoms with Crippen LogP contribution in [0.25, 0.3) is 16.9 Å². The number of hydrogen-bond donors (Lipinski definition) is 3. The molecule has 7 nitrogen and oxygen atoms in total. The molecule has 29 heavy (non-hydrogen) atoms. The predicted octanol–water partition coefficient (Wildman–Crippen LogP) is 2.71. The zero-order chi connectivity index (χ0) is 19.9. The quantitative estimate of drug-likeness (QED) is 0.383. The third kappa shape index (κ3) is 4.59. The van der Waals surface area contributed by atoms with Crippen molar-refractivity contribution in [3.8, 4) is 11.3 Å². The van der Waals surface area contributed by atoms with Crippen LogP contribution in [0.3, 0.4) is 0 Å². The molecule has 7 heteroatoms. The summed E-state index contributed by atoms with van der Waals surface area (Å²) in [5, 5.41) is 14.7. The van der Waals surface area contributed by atoms with Gasteiger partial charge in [0.2, 0.25) is 0 Å². The Morgan fingerprint density at radius 3 is 2.66 bits per heavy atom. The molecular weight excluding hydrogens is 362 g/mol. The van der Waals surface area contributed by atoms with E-state index in [1.54, 1.807) is 6.20 Å². The highest BCUT2D eigenvalue weighted by Gasteiger charge is 2.12. The Morgan fingerprint density at radius 2 is 1.86 bits per heavy atom. The first-order chi connectivity index (χ1) is 14.3. The largest absolute Gasteiger partial charge is 0.366 e. The third-order valence-electron chi connectivity index (χ3n) is 4.68. The number of nitrogens with zero attached hydrogens (tertiary/aromatic N) is 4. The van der Waals surface area contributed by atoms with Crippen LogP contribution in [0.1, 0.15) is 11.1 Å². The molecule has 3 N–H and O–H groups in total. The molecule has 0 aliphatic carbocycles. The predicted molar refractivity (Wildman–Crippen MR) is 116 cm³/mol. The minimum atomic E-state index is 0.663. The fourth-order valence-electron chi connectivity index (χ4n) is 3.15. The van der Waals surface area contributed by atoms with Crippen molar-refractivity contribution < 1.29 is 0 Å². The summed E-state index contributed by atoms with van der Waals surface area (Å²) < 4.78 is 1.87. The molecule has 4 aromatic rings. The van der Waals surface area contributed by atoms with E-state index >= 15 is 0 Å². The molecule has 0 aliphatic heterocycles. The molecule has 0 saturated carbocycles. The highest BCUT2D eigenvalue weighted by atomic mass is 15.3. The van der Waals surface area contributed by atoms with E-state index in [9.17, 15) is 0 Å². The molecule has 148 valence electrons. The molecule has 0 saturated heterocycles. The number of likely N-dealkylation sites (N-methyl/N-ethyl adjacent to an activating group) is 1. The van der Waals surface area contributed by atoms with Crippen LogP contribution in [0.15, 0.2) is 67.1 Å². The van der Waals surface area contributed by atoms with Crippen molar-refractivity contribution in [2.45, 2.75) is 13.1 Å². The highest BCUT2D eigenvalue weighted by Crippen LogP contribution is 2.24. The Bertz CT molecular complexity index is 1040. The monoisotopic (exact) mass is 387 g/mol. The lowest BCUT2D eigenvalue weighted by Gasteiger charge is -2.11. The second kappa shape index (κ2) is 9.27. The highest BCUT2D eigenvalue weighted by molar-refractivity contribution is 5.67. The van der Waals surface area contributed by atoms with Crippen molar-refractivity contribution >= 4 is 11.5 Å². The zero-order valence-electron chi connectivity index (χ0n) is 16.5. The number of rotatable bonds is 9. The fraction of sp³-hybridized carbons (Fsp3) is 0.227. The molecule has 0 aliphatic rings. The van der Waals surface area contributed by atoms with Gasteiger partial charge < -0.3 is 16.0 Å². The van der Waals surface area contributed by atoms with Crippen molar-refractivity contribution in [2.24, 2.45) is 0 Å². The standard InChI is InChI=1S/C22H25N7/c1-23-10-11-25-15-19-16-27-29-21(26-14-17-6-5-9-24-13-17)12-20(28-22(19)29)18-7-3-2-4-8-18/h2-9,12-13,16,23,25-26H,10-11,14-15H2,1H3. The summed E-state index contributed by atoms with van der Waals surface area (Å²) in [6.45, 7) is 3.19. The first-order valence-corrected chi connectivity index (χ1v) is 9.76. The van der Waals surface area contributed by atoms with E-state index in [-0.39, 0.29) is 0 Å². The van der Waals surface area contributed by atoms with Crippen LogP contribution >= 0.6 is 0 Å². The maximum absolute atomic E-state index is 4.91. The summed E-state index contributed by atoms with van der Waals surface area (Å²) >= 11 is 0. The number of aromatic nitrogens is 4. The van der Waals surface area contributed by atoms with Crippen LogP contribution in [0.5, 0.6) is 0 Å². The van der Waals surface area contributed by atoms with Crippen LogP contribution in [-0.2, 0) is 13.1 Å². The number of fused-ring (bicyclic) bond motifs is 1. The summed E-state index contributed by atoms with van der Waals surface area (Å²) in [4.78, 5) is 9.10. The summed E-state index contributed by atoms with van der Waals surface area (Å²) in [6.07, 6.45) is 5.53. The van der Waals surface area contributed by atoms with Gasteiger partial charge in [-0.15, -0.1) is 0 Å². The maximum atomic E-state index is 4.91. The molecule has 0 spiro atoms. The van der Waals surface area contributed by atoms with Gasteiger partial charge >= 0.3 is 0 Å². The summed E-state index contributed by atoms with van der Waals surface area (Å²) in [6, 6.07) is 16.3. The Morgan fingerprint density at radius 1 is 0.966 bits per heavy atom. The molecule has 3 aromatic heterocycles. The van der Waals surface area contributed by atoms with Crippen molar-refractivity contribution in [3.63, 3.8) is 0 Å². The van der Waals surface area contributed by atoms with Gasteiger partial charge in [0.1, 0.15) is 5.82 Å². The number of hydrogen-bond acceptors (Lipinski definition) is 6. The van der Waals surface area contributed by atoms with Crippen molar-refractivity contribution in [2.75, 3.05) is 25.5 Å². The van der Waals surface area contributed by atoms with Gasteiger partial charge in [0.15, 0.2) is 5.65 Å². The molecular formula is C22H25N7. The number of benzene rings is 1. The lowest BCUT2D eigenvalue weighted by Crippen LogP contribution is -2.24. The fourth-order valence-corrected chi connectivity index (χ4v) is 3.15. The Kier molecular flexibility index (Phi) is 6.09. The van der Waals surface area contributed by atoms with E-state index in [2.05, 4.69) is 44.2 Å². The van der Waals surface area contributed by atoms with Gasteiger partial charge in [-0.25, -0.2) is 4.98 Å². The van der Waals surface area contributed by atoms with Crippen LogP contribution in [0.4, 0.5) is 5.82 Å². The van der Waals surface area contributed by atoms with Crippen molar-refractivity contribution in [1.82, 2.24) is 30.2 Å². The first-order valence-electron chi connectivity index (χ1n) is 9.76. The molecule has 0 radical (unpaired) electrons. The van der Waals surface area contributed by atoms with Crippen LogP contribution in [0, 0.1) is 0 Å². The topological polar surface area (TPSA) is 79.2 Å². The smallest absolute Gasteiger partial charge is 0.162 e. The van der Waals surface area contributed by atoms with Gasteiger partial charge in [-0.3, -0.25) is 4.98 Å². The Labute approximate surface area is 170 Å². The average Bonchev–Trinajstić information content (AvgIpc) is 3.19. The zero-order valence-corrected chi connectivity index (χ0v) is 16.5. The lowest BCUT2D eigenvalue weighted by molar-refractivity contribution is 0.652. The van der Waals surface area contributed by atoms with Crippen LogP contribution < -0.4 is 16.0 Å². The van der Waals surface area contributed by atoms with E-state index in [1.165, 1.54) is 0 Å². The Balaban J connectivity index is 1.67. The van der Waals surface area contributed by atoms with Gasteiger partial charge in [0.25, 0.3) is 0 Å². The summed E-state index contributed by atoms with van der Waals surface area (Å²) in [5.41, 5.74) is 5.04. The number of nitrogens with one attached hydrogen (secondary N) is 3. The second-order valence-corrected chi connectivity index (χ2v) is 6.79. The van der Waals surface area contributed by atoms with Gasteiger partial charge in [-0.05, 0) is 18.7 Å². The average molecular weight is 387 g/mol. The molecule has 0 amide bonds. The van der Waals surface area contributed by atoms with Crippen LogP contribution in [0.2, 0.25) is 0 Å². The maximum Gasteiger partial charge on any atom is 0.162 e. The van der Waals surface area contributed by atoms with Gasteiger partial charge in [-0.2, -0.15) is 9.61 Å². The van der Waals surface area contributed by atoms with Gasteiger partial charge in [-0.1, -0.05) is 36.4 Å². The summed E-state index contributed by atoms with van der Waals surface area (Å²) in [5.74, 6) is 0.902. The van der Waals surface area contributed by atoms with Crippen molar-refractivity contribution in [3.05, 3.63) is 78.2 Å². The van der Waals surface area contributed by atoms with E-state index in [0.717, 1.165) is 53.5 Å². The molecule has 0 fully saturated rings. The van der Waals surface area contributed by atoms with Gasteiger partial charge in [0, 0.05) is 55.8 Å². The number of anilines is 1. The molecule has 3 heterocycles. The van der Waals surface area contributed by atoms with E-state index in [0.29, 0.717) is 6.54 Å². The first kappa shape index (κ1) is 19.0. The van der Waals surface area contributed by atoms with E-state index in [1.807, 2.05) is 54.3 Å². The van der Waals surface area contributed by atoms with E-state index in [4.69, 9.17) is 4.98 Å². The Hall–Kier alpha value is -3.29.